The molecule has 5 nitrogen and oxygen atoms in total. The topological polar surface area (TPSA) is 38.8 Å². The Balaban J connectivity index is 1.22. The first-order chi connectivity index (χ1) is 17.9. The lowest BCUT2D eigenvalue weighted by atomic mass is 9.99. The summed E-state index contributed by atoms with van der Waals surface area (Å²) in [5.41, 5.74) is 9.45. The van der Waals surface area contributed by atoms with Gasteiger partial charge >= 0.3 is 0 Å². The predicted molar refractivity (Wildman–Crippen MR) is 155 cm³/mol. The van der Waals surface area contributed by atoms with Gasteiger partial charge in [-0.2, -0.15) is 0 Å². The molecule has 0 saturated carbocycles. The molecule has 1 N–H and O–H groups in total. The fraction of sp³-hybridized carbons (Fsp3) is 0.406. The first-order valence-electron chi connectivity index (χ1n) is 13.7. The van der Waals surface area contributed by atoms with Gasteiger partial charge in [0.1, 0.15) is 0 Å². The molecule has 2 heterocycles. The van der Waals surface area contributed by atoms with Gasteiger partial charge in [0, 0.05) is 67.9 Å². The van der Waals surface area contributed by atoms with E-state index in [9.17, 15) is 4.79 Å². The van der Waals surface area contributed by atoms with E-state index in [4.69, 9.17) is 0 Å². The van der Waals surface area contributed by atoms with Gasteiger partial charge in [0.2, 0.25) is 0 Å². The zero-order valence-electron chi connectivity index (χ0n) is 22.8. The van der Waals surface area contributed by atoms with Crippen LogP contribution in [0, 0.1) is 27.7 Å². The number of benzene rings is 3. The number of piperazine rings is 1. The highest BCUT2D eigenvalue weighted by molar-refractivity contribution is 5.97. The molecule has 3 aromatic rings. The van der Waals surface area contributed by atoms with Crippen LogP contribution in [0.1, 0.15) is 45.5 Å². The Labute approximate surface area is 222 Å². The third-order valence-electron chi connectivity index (χ3n) is 8.14. The van der Waals surface area contributed by atoms with Crippen LogP contribution in [-0.4, -0.2) is 56.1 Å². The van der Waals surface area contributed by atoms with Crippen LogP contribution in [0.3, 0.4) is 0 Å². The Bertz CT molecular complexity index is 1250. The first-order valence-corrected chi connectivity index (χ1v) is 13.7. The van der Waals surface area contributed by atoms with E-state index >= 15 is 0 Å². The van der Waals surface area contributed by atoms with E-state index in [1.807, 2.05) is 4.90 Å². The fourth-order valence-corrected chi connectivity index (χ4v) is 5.88. The molecule has 0 radical (unpaired) electrons. The molecule has 0 spiro atoms. The molecule has 0 bridgehead atoms. The van der Waals surface area contributed by atoms with Crippen LogP contribution in [0.2, 0.25) is 0 Å². The maximum absolute atomic E-state index is 13.6. The lowest BCUT2D eigenvalue weighted by Crippen LogP contribution is -2.49. The van der Waals surface area contributed by atoms with Crippen LogP contribution < -0.4 is 15.1 Å². The van der Waals surface area contributed by atoms with Crippen LogP contribution >= 0.6 is 0 Å². The Morgan fingerprint density at radius 1 is 0.676 bits per heavy atom. The third-order valence-corrected chi connectivity index (χ3v) is 8.14. The molecule has 2 fully saturated rings. The highest BCUT2D eigenvalue weighted by Gasteiger charge is 2.26. The van der Waals surface area contributed by atoms with Crippen molar-refractivity contribution in [3.63, 3.8) is 0 Å². The van der Waals surface area contributed by atoms with Gasteiger partial charge in [0.15, 0.2) is 0 Å². The third kappa shape index (κ3) is 5.46. The van der Waals surface area contributed by atoms with Gasteiger partial charge in [-0.05, 0) is 81.0 Å². The molecule has 5 heteroatoms. The van der Waals surface area contributed by atoms with Crippen molar-refractivity contribution in [3.8, 4) is 0 Å². The number of carbonyl (C=O) groups excluding carboxylic acids is 1. The molecule has 0 atom stereocenters. The minimum Gasteiger partial charge on any atom is -0.382 e. The molecule has 3 aromatic carbocycles. The van der Waals surface area contributed by atoms with E-state index in [1.165, 1.54) is 28.1 Å². The number of piperidine rings is 1. The standard InChI is InChI=1S/C32H40N4O/c1-23-9-5-7-11-30(23)34-15-13-27(14-16-34)33-29-22-28(25(3)21-26(29)4)32(37)36-19-17-35(18-20-36)31-12-8-6-10-24(31)2/h5-12,21-22,27,33H,13-20H2,1-4H3. The number of carbonyl (C=O) groups is 1. The molecule has 1 amide bonds. The first kappa shape index (κ1) is 25.2. The summed E-state index contributed by atoms with van der Waals surface area (Å²) in [6.07, 6.45) is 2.18. The van der Waals surface area contributed by atoms with Crippen LogP contribution in [-0.2, 0) is 0 Å². The molecule has 0 aliphatic carbocycles. The molecule has 0 unspecified atom stereocenters. The maximum Gasteiger partial charge on any atom is 0.254 e. The normalized spacial score (nSPS) is 16.7. The highest BCUT2D eigenvalue weighted by atomic mass is 16.2. The van der Waals surface area contributed by atoms with Crippen molar-refractivity contribution in [2.75, 3.05) is 54.4 Å². The zero-order chi connectivity index (χ0) is 25.9. The molecule has 194 valence electrons. The quantitative estimate of drug-likeness (QED) is 0.473. The zero-order valence-corrected chi connectivity index (χ0v) is 22.8. The van der Waals surface area contributed by atoms with E-state index in [1.54, 1.807) is 0 Å². The number of nitrogens with zero attached hydrogens (tertiary/aromatic N) is 3. The number of anilines is 3. The molecule has 2 aliphatic rings. The molecular weight excluding hydrogens is 456 g/mol. The molecule has 0 aromatic heterocycles. The van der Waals surface area contributed by atoms with Crippen molar-refractivity contribution >= 4 is 23.0 Å². The number of hydrogen-bond acceptors (Lipinski definition) is 4. The van der Waals surface area contributed by atoms with Crippen molar-refractivity contribution in [2.45, 2.75) is 46.6 Å². The number of amides is 1. The smallest absolute Gasteiger partial charge is 0.254 e. The van der Waals surface area contributed by atoms with Crippen molar-refractivity contribution in [1.82, 2.24) is 4.90 Å². The molecule has 2 aliphatic heterocycles. The summed E-state index contributed by atoms with van der Waals surface area (Å²) in [6, 6.07) is 21.9. The maximum atomic E-state index is 13.6. The SMILES string of the molecule is Cc1cc(C)c(C(=O)N2CCN(c3ccccc3C)CC2)cc1NC1CCN(c2ccccc2C)CC1. The van der Waals surface area contributed by atoms with E-state index in [2.05, 4.69) is 103 Å². The summed E-state index contributed by atoms with van der Waals surface area (Å²) in [7, 11) is 0. The van der Waals surface area contributed by atoms with E-state index in [0.717, 1.165) is 68.9 Å². The summed E-state index contributed by atoms with van der Waals surface area (Å²) in [6.45, 7) is 13.9. The Morgan fingerprint density at radius 2 is 1.22 bits per heavy atom. The van der Waals surface area contributed by atoms with Crippen LogP contribution in [0.15, 0.2) is 60.7 Å². The highest BCUT2D eigenvalue weighted by Crippen LogP contribution is 2.28. The van der Waals surface area contributed by atoms with Gasteiger partial charge in [-0.25, -0.2) is 0 Å². The van der Waals surface area contributed by atoms with Gasteiger partial charge in [-0.15, -0.1) is 0 Å². The number of aryl methyl sites for hydroxylation is 4. The number of nitrogens with one attached hydrogen (secondary N) is 1. The Kier molecular flexibility index (Phi) is 7.40. The Hall–Kier alpha value is -3.47. The van der Waals surface area contributed by atoms with Crippen LogP contribution in [0.4, 0.5) is 17.1 Å². The van der Waals surface area contributed by atoms with E-state index in [0.29, 0.717) is 6.04 Å². The number of rotatable bonds is 5. The minimum atomic E-state index is 0.152. The predicted octanol–water partition coefficient (Wildman–Crippen LogP) is 5.96. The Morgan fingerprint density at radius 3 is 1.78 bits per heavy atom. The van der Waals surface area contributed by atoms with Gasteiger partial charge < -0.3 is 20.0 Å². The second kappa shape index (κ2) is 10.9. The second-order valence-corrected chi connectivity index (χ2v) is 10.7. The molecule has 37 heavy (non-hydrogen) atoms. The van der Waals surface area contributed by atoms with Crippen molar-refractivity contribution in [3.05, 3.63) is 88.5 Å². The lowest BCUT2D eigenvalue weighted by Gasteiger charge is -2.37. The summed E-state index contributed by atoms with van der Waals surface area (Å²) in [5.74, 6) is 0.152. The van der Waals surface area contributed by atoms with Crippen molar-refractivity contribution in [1.29, 1.82) is 0 Å². The average Bonchev–Trinajstić information content (AvgIpc) is 2.91. The molecular formula is C32H40N4O. The van der Waals surface area contributed by atoms with Gasteiger partial charge in [0.25, 0.3) is 5.91 Å². The fourth-order valence-electron chi connectivity index (χ4n) is 5.88. The number of hydrogen-bond donors (Lipinski definition) is 1. The molecule has 5 rings (SSSR count). The van der Waals surface area contributed by atoms with E-state index in [-0.39, 0.29) is 5.91 Å². The van der Waals surface area contributed by atoms with Crippen molar-refractivity contribution in [2.24, 2.45) is 0 Å². The van der Waals surface area contributed by atoms with Gasteiger partial charge in [-0.1, -0.05) is 42.5 Å². The van der Waals surface area contributed by atoms with Gasteiger partial charge in [-0.3, -0.25) is 4.79 Å². The summed E-state index contributed by atoms with van der Waals surface area (Å²) in [5, 5.41) is 3.79. The second-order valence-electron chi connectivity index (χ2n) is 10.7. The van der Waals surface area contributed by atoms with Crippen molar-refractivity contribution < 1.29 is 4.79 Å². The largest absolute Gasteiger partial charge is 0.382 e. The lowest BCUT2D eigenvalue weighted by molar-refractivity contribution is 0.0746. The van der Waals surface area contributed by atoms with Crippen LogP contribution in [0.25, 0.3) is 0 Å². The molecule has 2 saturated heterocycles. The van der Waals surface area contributed by atoms with E-state index < -0.39 is 0 Å². The number of para-hydroxylation sites is 2. The minimum absolute atomic E-state index is 0.152. The van der Waals surface area contributed by atoms with Crippen LogP contribution in [0.5, 0.6) is 0 Å². The van der Waals surface area contributed by atoms with Gasteiger partial charge in [0.05, 0.1) is 0 Å². The summed E-state index contributed by atoms with van der Waals surface area (Å²) >= 11 is 0. The monoisotopic (exact) mass is 496 g/mol. The summed E-state index contributed by atoms with van der Waals surface area (Å²) in [4.78, 5) is 20.5. The summed E-state index contributed by atoms with van der Waals surface area (Å²) < 4.78 is 0. The average molecular weight is 497 g/mol.